The Labute approximate surface area is 190 Å². The number of ketones is 1. The number of carbonyl (C=O) groups excluding carboxylic acids is 3. The summed E-state index contributed by atoms with van der Waals surface area (Å²) in [6.07, 6.45) is 1.19. The summed E-state index contributed by atoms with van der Waals surface area (Å²) in [6.45, 7) is 6.37. The maximum Gasteiger partial charge on any atom is 0.253 e. The molecule has 2 aromatic carbocycles. The van der Waals surface area contributed by atoms with Crippen LogP contribution in [0.15, 0.2) is 48.5 Å². The molecular formula is C26H32N2O4. The van der Waals surface area contributed by atoms with Gasteiger partial charge in [0.05, 0.1) is 7.11 Å². The highest BCUT2D eigenvalue weighted by molar-refractivity contribution is 5.96. The summed E-state index contributed by atoms with van der Waals surface area (Å²) in [5.74, 6) is 1.22. The van der Waals surface area contributed by atoms with Crippen LogP contribution in [0, 0.1) is 0 Å². The lowest BCUT2D eigenvalue weighted by Crippen LogP contribution is -2.50. The predicted octanol–water partition coefficient (Wildman–Crippen LogP) is 4.16. The number of benzene rings is 2. The standard InChI is InChI=1S/C26H32N2O4/c1-19(2)20-7-9-22(10-8-20)26(31)28-17-15-27(16-18-28)25(30)6-4-5-24(29)21-11-13-23(32-3)14-12-21/h7-14,19H,4-6,15-18H2,1-3H3. The summed E-state index contributed by atoms with van der Waals surface area (Å²) in [5.41, 5.74) is 2.53. The molecule has 1 aliphatic rings. The van der Waals surface area contributed by atoms with Gasteiger partial charge < -0.3 is 14.5 Å². The molecule has 6 heteroatoms. The van der Waals surface area contributed by atoms with Gasteiger partial charge in [-0.15, -0.1) is 0 Å². The predicted molar refractivity (Wildman–Crippen MR) is 124 cm³/mol. The van der Waals surface area contributed by atoms with E-state index < -0.39 is 0 Å². The SMILES string of the molecule is COc1ccc(C(=O)CCCC(=O)N2CCN(C(=O)c3ccc(C(C)C)cc3)CC2)cc1. The molecule has 0 bridgehead atoms. The van der Waals surface area contributed by atoms with E-state index in [-0.39, 0.29) is 17.6 Å². The normalized spacial score (nSPS) is 13.9. The van der Waals surface area contributed by atoms with Crippen molar-refractivity contribution in [1.29, 1.82) is 0 Å². The number of nitrogens with zero attached hydrogens (tertiary/aromatic N) is 2. The van der Waals surface area contributed by atoms with E-state index in [4.69, 9.17) is 4.74 Å². The molecule has 0 aromatic heterocycles. The summed E-state index contributed by atoms with van der Waals surface area (Å²) in [5, 5.41) is 0. The summed E-state index contributed by atoms with van der Waals surface area (Å²) in [7, 11) is 1.59. The van der Waals surface area contributed by atoms with Crippen molar-refractivity contribution in [2.24, 2.45) is 0 Å². The number of amides is 2. The lowest BCUT2D eigenvalue weighted by atomic mass is 10.0. The molecule has 170 valence electrons. The van der Waals surface area contributed by atoms with Gasteiger partial charge in [0.1, 0.15) is 5.75 Å². The molecule has 1 heterocycles. The van der Waals surface area contributed by atoms with E-state index >= 15 is 0 Å². The van der Waals surface area contributed by atoms with E-state index in [9.17, 15) is 14.4 Å². The molecule has 2 amide bonds. The zero-order valence-electron chi connectivity index (χ0n) is 19.2. The highest BCUT2D eigenvalue weighted by Gasteiger charge is 2.24. The third-order valence-electron chi connectivity index (χ3n) is 5.95. The number of rotatable bonds is 8. The van der Waals surface area contributed by atoms with Gasteiger partial charge in [-0.25, -0.2) is 0 Å². The smallest absolute Gasteiger partial charge is 0.253 e. The van der Waals surface area contributed by atoms with Crippen molar-refractivity contribution in [2.75, 3.05) is 33.3 Å². The molecular weight excluding hydrogens is 404 g/mol. The highest BCUT2D eigenvalue weighted by Crippen LogP contribution is 2.17. The number of Topliss-reactive ketones (excluding diaryl/α,β-unsaturated/α-hetero) is 1. The van der Waals surface area contributed by atoms with Gasteiger partial charge in [-0.1, -0.05) is 26.0 Å². The van der Waals surface area contributed by atoms with Crippen LogP contribution < -0.4 is 4.74 Å². The van der Waals surface area contributed by atoms with Crippen LogP contribution in [0.3, 0.4) is 0 Å². The number of hydrogen-bond acceptors (Lipinski definition) is 4. The Morgan fingerprint density at radius 2 is 1.38 bits per heavy atom. The van der Waals surface area contributed by atoms with Gasteiger partial charge in [-0.2, -0.15) is 0 Å². The fourth-order valence-electron chi connectivity index (χ4n) is 3.83. The Morgan fingerprint density at radius 3 is 1.94 bits per heavy atom. The molecule has 0 saturated carbocycles. The zero-order chi connectivity index (χ0) is 23.1. The maximum absolute atomic E-state index is 12.8. The fraction of sp³-hybridized carbons (Fsp3) is 0.423. The summed E-state index contributed by atoms with van der Waals surface area (Å²) in [4.78, 5) is 41.2. The minimum absolute atomic E-state index is 0.0116. The monoisotopic (exact) mass is 436 g/mol. The van der Waals surface area contributed by atoms with Crippen LogP contribution in [0.4, 0.5) is 0 Å². The molecule has 2 aromatic rings. The molecule has 1 saturated heterocycles. The Kier molecular flexibility index (Phi) is 8.03. The molecule has 0 N–H and O–H groups in total. The maximum atomic E-state index is 12.8. The van der Waals surface area contributed by atoms with Crippen molar-refractivity contribution in [1.82, 2.24) is 9.80 Å². The average molecular weight is 437 g/mol. The Hall–Kier alpha value is -3.15. The van der Waals surface area contributed by atoms with Crippen LogP contribution in [0.5, 0.6) is 5.75 Å². The van der Waals surface area contributed by atoms with Crippen molar-refractivity contribution in [3.8, 4) is 5.75 Å². The van der Waals surface area contributed by atoms with Crippen LogP contribution in [0.1, 0.15) is 65.3 Å². The van der Waals surface area contributed by atoms with E-state index in [1.54, 1.807) is 41.2 Å². The van der Waals surface area contributed by atoms with Crippen LogP contribution in [-0.2, 0) is 4.79 Å². The molecule has 1 fully saturated rings. The number of ether oxygens (including phenoxy) is 1. The molecule has 1 aliphatic heterocycles. The lowest BCUT2D eigenvalue weighted by Gasteiger charge is -2.35. The first kappa shape index (κ1) is 23.5. The van der Waals surface area contributed by atoms with Crippen LogP contribution >= 0.6 is 0 Å². The van der Waals surface area contributed by atoms with E-state index in [1.807, 2.05) is 24.3 Å². The van der Waals surface area contributed by atoms with Crippen molar-refractivity contribution in [2.45, 2.75) is 39.0 Å². The summed E-state index contributed by atoms with van der Waals surface area (Å²) in [6, 6.07) is 14.8. The first-order valence-electron chi connectivity index (χ1n) is 11.2. The van der Waals surface area contributed by atoms with Gasteiger partial charge in [-0.3, -0.25) is 14.4 Å². The van der Waals surface area contributed by atoms with Gasteiger partial charge in [0.15, 0.2) is 5.78 Å². The Bertz CT molecular complexity index is 927. The number of piperazine rings is 1. The Morgan fingerprint density at radius 1 is 0.812 bits per heavy atom. The highest BCUT2D eigenvalue weighted by atomic mass is 16.5. The van der Waals surface area contributed by atoms with Gasteiger partial charge in [-0.05, 0) is 54.3 Å². The van der Waals surface area contributed by atoms with Crippen molar-refractivity contribution in [3.63, 3.8) is 0 Å². The number of methoxy groups -OCH3 is 1. The van der Waals surface area contributed by atoms with E-state index in [0.717, 1.165) is 0 Å². The van der Waals surface area contributed by atoms with Gasteiger partial charge in [0.25, 0.3) is 5.91 Å². The van der Waals surface area contributed by atoms with Crippen molar-refractivity contribution in [3.05, 3.63) is 65.2 Å². The molecule has 0 radical (unpaired) electrons. The third kappa shape index (κ3) is 5.96. The topological polar surface area (TPSA) is 66.9 Å². The molecule has 0 spiro atoms. The average Bonchev–Trinajstić information content (AvgIpc) is 2.83. The molecule has 0 unspecified atom stereocenters. The van der Waals surface area contributed by atoms with Gasteiger partial charge in [0.2, 0.25) is 5.91 Å². The first-order valence-corrected chi connectivity index (χ1v) is 11.2. The van der Waals surface area contributed by atoms with Crippen LogP contribution in [-0.4, -0.2) is 60.7 Å². The zero-order valence-corrected chi connectivity index (χ0v) is 19.2. The molecule has 0 aliphatic carbocycles. The number of carbonyl (C=O) groups is 3. The molecule has 0 atom stereocenters. The van der Waals surface area contributed by atoms with Gasteiger partial charge in [0, 0.05) is 50.1 Å². The van der Waals surface area contributed by atoms with Crippen LogP contribution in [0.2, 0.25) is 0 Å². The van der Waals surface area contributed by atoms with E-state index in [0.29, 0.717) is 68.2 Å². The van der Waals surface area contributed by atoms with Crippen molar-refractivity contribution >= 4 is 17.6 Å². The van der Waals surface area contributed by atoms with Crippen molar-refractivity contribution < 1.29 is 19.1 Å². The second-order valence-corrected chi connectivity index (χ2v) is 8.45. The molecule has 3 rings (SSSR count). The third-order valence-corrected chi connectivity index (χ3v) is 5.95. The summed E-state index contributed by atoms with van der Waals surface area (Å²) < 4.78 is 5.10. The van der Waals surface area contributed by atoms with Gasteiger partial charge >= 0.3 is 0 Å². The van der Waals surface area contributed by atoms with E-state index in [2.05, 4.69) is 13.8 Å². The summed E-state index contributed by atoms with van der Waals surface area (Å²) >= 11 is 0. The lowest BCUT2D eigenvalue weighted by molar-refractivity contribution is -0.132. The minimum Gasteiger partial charge on any atom is -0.497 e. The second-order valence-electron chi connectivity index (χ2n) is 8.45. The molecule has 6 nitrogen and oxygen atoms in total. The first-order chi connectivity index (χ1) is 15.4. The minimum atomic E-state index is 0.0116. The fourth-order valence-corrected chi connectivity index (χ4v) is 3.83. The Balaban J connectivity index is 1.41. The number of hydrogen-bond donors (Lipinski definition) is 0. The largest absolute Gasteiger partial charge is 0.497 e. The molecule has 32 heavy (non-hydrogen) atoms. The van der Waals surface area contributed by atoms with Crippen LogP contribution in [0.25, 0.3) is 0 Å². The van der Waals surface area contributed by atoms with E-state index in [1.165, 1.54) is 5.56 Å². The quantitative estimate of drug-likeness (QED) is 0.583. The second kappa shape index (κ2) is 10.9.